The van der Waals surface area contributed by atoms with E-state index in [1.165, 1.54) is 24.0 Å². The van der Waals surface area contributed by atoms with Gasteiger partial charge in [-0.2, -0.15) is 4.98 Å². The third-order valence-corrected chi connectivity index (χ3v) is 4.02. The van der Waals surface area contributed by atoms with Gasteiger partial charge in [0.15, 0.2) is 0 Å². The molecule has 0 bridgehead atoms. The third kappa shape index (κ3) is 2.99. The molecule has 3 aromatic rings. The van der Waals surface area contributed by atoms with Crippen molar-refractivity contribution in [3.8, 4) is 11.1 Å². The Balaban J connectivity index is 1.92. The highest BCUT2D eigenvalue weighted by molar-refractivity contribution is 7.99. The van der Waals surface area contributed by atoms with E-state index in [1.54, 1.807) is 24.5 Å². The Bertz CT molecular complexity index is 810. The highest BCUT2D eigenvalue weighted by atomic mass is 32.2. The van der Waals surface area contributed by atoms with Crippen LogP contribution in [0.4, 0.5) is 16.2 Å². The molecule has 0 spiro atoms. The van der Waals surface area contributed by atoms with Gasteiger partial charge in [0.1, 0.15) is 11.6 Å². The summed E-state index contributed by atoms with van der Waals surface area (Å²) in [7, 11) is 0. The van der Waals surface area contributed by atoms with Crippen molar-refractivity contribution < 1.29 is 4.39 Å². The summed E-state index contributed by atoms with van der Waals surface area (Å²) in [5.41, 5.74) is 12.4. The second-order valence-electron chi connectivity index (χ2n) is 4.46. The lowest BCUT2D eigenvalue weighted by atomic mass is 10.1. The highest BCUT2D eigenvalue weighted by Gasteiger charge is 2.10. The van der Waals surface area contributed by atoms with E-state index in [2.05, 4.69) is 15.0 Å². The summed E-state index contributed by atoms with van der Waals surface area (Å²) < 4.78 is 14.3. The zero-order valence-corrected chi connectivity index (χ0v) is 12.2. The number of benzene rings is 1. The summed E-state index contributed by atoms with van der Waals surface area (Å²) in [6.45, 7) is 0. The van der Waals surface area contributed by atoms with Crippen LogP contribution in [0.5, 0.6) is 0 Å². The standard InChI is InChI=1S/C15H12FN5S/c16-12-7-9(11-8-20-15(18)21-14(11)17)1-2-13(12)22-10-3-5-19-6-4-10/h1-8H,(H4,17,18,20,21). The van der Waals surface area contributed by atoms with Crippen molar-refractivity contribution in [1.29, 1.82) is 0 Å². The maximum absolute atomic E-state index is 14.3. The smallest absolute Gasteiger partial charge is 0.221 e. The summed E-state index contributed by atoms with van der Waals surface area (Å²) >= 11 is 1.33. The molecule has 1 aromatic carbocycles. The number of hydrogen-bond donors (Lipinski definition) is 2. The van der Waals surface area contributed by atoms with Crippen LogP contribution in [-0.2, 0) is 0 Å². The van der Waals surface area contributed by atoms with Gasteiger partial charge < -0.3 is 11.5 Å². The predicted octanol–water partition coefficient (Wildman–Crippen LogP) is 2.99. The fourth-order valence-electron chi connectivity index (χ4n) is 1.92. The number of pyridine rings is 1. The molecular weight excluding hydrogens is 301 g/mol. The number of nitrogens with two attached hydrogens (primary N) is 2. The van der Waals surface area contributed by atoms with Crippen LogP contribution in [-0.4, -0.2) is 15.0 Å². The molecule has 22 heavy (non-hydrogen) atoms. The van der Waals surface area contributed by atoms with Gasteiger partial charge >= 0.3 is 0 Å². The predicted molar refractivity (Wildman–Crippen MR) is 84.6 cm³/mol. The largest absolute Gasteiger partial charge is 0.383 e. The first-order valence-electron chi connectivity index (χ1n) is 6.39. The molecule has 2 aromatic heterocycles. The molecule has 0 unspecified atom stereocenters. The average molecular weight is 313 g/mol. The maximum atomic E-state index is 14.3. The topological polar surface area (TPSA) is 90.7 Å². The second kappa shape index (κ2) is 5.98. The lowest BCUT2D eigenvalue weighted by Crippen LogP contribution is -2.01. The first-order valence-corrected chi connectivity index (χ1v) is 7.21. The summed E-state index contributed by atoms with van der Waals surface area (Å²) in [6.07, 6.45) is 4.82. The zero-order chi connectivity index (χ0) is 15.5. The molecule has 0 aliphatic carbocycles. The van der Waals surface area contributed by atoms with Gasteiger partial charge in [0.2, 0.25) is 5.95 Å². The minimum absolute atomic E-state index is 0.0894. The van der Waals surface area contributed by atoms with E-state index in [4.69, 9.17) is 11.5 Å². The van der Waals surface area contributed by atoms with Crippen LogP contribution in [0.2, 0.25) is 0 Å². The monoisotopic (exact) mass is 313 g/mol. The number of halogens is 1. The molecule has 3 rings (SSSR count). The normalized spacial score (nSPS) is 10.6. The molecule has 0 saturated carbocycles. The van der Waals surface area contributed by atoms with Crippen molar-refractivity contribution in [3.63, 3.8) is 0 Å². The fraction of sp³-hybridized carbons (Fsp3) is 0. The van der Waals surface area contributed by atoms with Crippen LogP contribution in [0.15, 0.2) is 58.7 Å². The van der Waals surface area contributed by atoms with Crippen molar-refractivity contribution in [2.45, 2.75) is 9.79 Å². The molecular formula is C15H12FN5S. The van der Waals surface area contributed by atoms with Gasteiger partial charge in [0.05, 0.1) is 0 Å². The van der Waals surface area contributed by atoms with Crippen LogP contribution in [0.3, 0.4) is 0 Å². The van der Waals surface area contributed by atoms with Crippen LogP contribution in [0.1, 0.15) is 0 Å². The molecule has 7 heteroatoms. The summed E-state index contributed by atoms with van der Waals surface area (Å²) in [5, 5.41) is 0. The molecule has 110 valence electrons. The first kappa shape index (κ1) is 14.3. The van der Waals surface area contributed by atoms with Crippen LogP contribution >= 0.6 is 11.8 Å². The van der Waals surface area contributed by atoms with Crippen LogP contribution in [0, 0.1) is 5.82 Å². The Morgan fingerprint density at radius 2 is 1.82 bits per heavy atom. The van der Waals surface area contributed by atoms with E-state index in [0.29, 0.717) is 16.0 Å². The Hall–Kier alpha value is -2.67. The number of nitrogen functional groups attached to an aromatic ring is 2. The lowest BCUT2D eigenvalue weighted by Gasteiger charge is -2.08. The molecule has 0 aliphatic rings. The van der Waals surface area contributed by atoms with Gasteiger partial charge in [0.25, 0.3) is 0 Å². The second-order valence-corrected chi connectivity index (χ2v) is 5.57. The number of rotatable bonds is 3. The minimum atomic E-state index is -0.337. The van der Waals surface area contributed by atoms with Gasteiger partial charge in [0, 0.05) is 33.9 Å². The van der Waals surface area contributed by atoms with Crippen LogP contribution in [0.25, 0.3) is 11.1 Å². The highest BCUT2D eigenvalue weighted by Crippen LogP contribution is 2.33. The fourth-order valence-corrected chi connectivity index (χ4v) is 2.72. The third-order valence-electron chi connectivity index (χ3n) is 2.96. The Kier molecular flexibility index (Phi) is 3.88. The van der Waals surface area contributed by atoms with Crippen molar-refractivity contribution >= 4 is 23.5 Å². The van der Waals surface area contributed by atoms with Crippen molar-refractivity contribution in [2.75, 3.05) is 11.5 Å². The van der Waals surface area contributed by atoms with Crippen LogP contribution < -0.4 is 11.5 Å². The summed E-state index contributed by atoms with van der Waals surface area (Å²) in [5.74, 6) is -0.0245. The molecule has 4 N–H and O–H groups in total. The Morgan fingerprint density at radius 1 is 1.05 bits per heavy atom. The minimum Gasteiger partial charge on any atom is -0.383 e. The molecule has 0 fully saturated rings. The molecule has 0 saturated heterocycles. The number of nitrogens with zero attached hydrogens (tertiary/aromatic N) is 3. The maximum Gasteiger partial charge on any atom is 0.221 e. The van der Waals surface area contributed by atoms with Gasteiger partial charge in [-0.05, 0) is 29.8 Å². The SMILES string of the molecule is Nc1ncc(-c2ccc(Sc3ccncc3)c(F)c2)c(N)n1. The molecule has 0 aliphatic heterocycles. The van der Waals surface area contributed by atoms with Gasteiger partial charge in [-0.15, -0.1) is 0 Å². The van der Waals surface area contributed by atoms with E-state index in [0.717, 1.165) is 4.90 Å². The average Bonchev–Trinajstić information content (AvgIpc) is 2.50. The number of anilines is 2. The Morgan fingerprint density at radius 3 is 2.50 bits per heavy atom. The quantitative estimate of drug-likeness (QED) is 0.772. The van der Waals surface area contributed by atoms with Crippen molar-refractivity contribution in [2.24, 2.45) is 0 Å². The van der Waals surface area contributed by atoms with E-state index in [9.17, 15) is 4.39 Å². The van der Waals surface area contributed by atoms with E-state index >= 15 is 0 Å². The molecule has 0 amide bonds. The van der Waals surface area contributed by atoms with E-state index in [1.807, 2.05) is 12.1 Å². The van der Waals surface area contributed by atoms with Gasteiger partial charge in [-0.25, -0.2) is 9.37 Å². The first-order chi connectivity index (χ1) is 10.6. The zero-order valence-electron chi connectivity index (χ0n) is 11.4. The van der Waals surface area contributed by atoms with E-state index in [-0.39, 0.29) is 17.6 Å². The summed E-state index contributed by atoms with van der Waals surface area (Å²) in [6, 6.07) is 8.53. The van der Waals surface area contributed by atoms with Gasteiger partial charge in [-0.3, -0.25) is 4.98 Å². The molecule has 0 radical (unpaired) electrons. The Labute approximate surface area is 130 Å². The molecule has 0 atom stereocenters. The van der Waals surface area contributed by atoms with E-state index < -0.39 is 0 Å². The number of hydrogen-bond acceptors (Lipinski definition) is 6. The van der Waals surface area contributed by atoms with Crippen molar-refractivity contribution in [3.05, 3.63) is 54.7 Å². The van der Waals surface area contributed by atoms with Crippen molar-refractivity contribution in [1.82, 2.24) is 15.0 Å². The number of aromatic nitrogens is 3. The molecule has 2 heterocycles. The summed E-state index contributed by atoms with van der Waals surface area (Å²) in [4.78, 5) is 13.1. The van der Waals surface area contributed by atoms with Gasteiger partial charge in [-0.1, -0.05) is 17.8 Å². The molecule has 5 nitrogen and oxygen atoms in total. The lowest BCUT2D eigenvalue weighted by molar-refractivity contribution is 0.602.